The lowest BCUT2D eigenvalue weighted by Gasteiger charge is -2.18. The van der Waals surface area contributed by atoms with Crippen LogP contribution in [-0.2, 0) is 73.0 Å². The molecule has 0 aliphatic heterocycles. The minimum atomic E-state index is -0.878. The molecule has 60 heavy (non-hydrogen) atoms. The van der Waals surface area contributed by atoms with E-state index < -0.39 is 5.97 Å². The predicted octanol–water partition coefficient (Wildman–Crippen LogP) is 3.50. The van der Waals surface area contributed by atoms with Crippen LogP contribution in [0.5, 0.6) is 0 Å². The van der Waals surface area contributed by atoms with Crippen molar-refractivity contribution in [2.45, 2.75) is 51.2 Å². The van der Waals surface area contributed by atoms with Crippen LogP contribution in [0.3, 0.4) is 0 Å². The van der Waals surface area contributed by atoms with Gasteiger partial charge >= 0.3 is 5.97 Å². The molecule has 0 saturated carbocycles. The fraction of sp³-hybridized carbons (Fsp3) is 0.767. The predicted molar refractivity (Wildman–Crippen MR) is 222 cm³/mol. The van der Waals surface area contributed by atoms with Gasteiger partial charge in [0.1, 0.15) is 0 Å². The smallest absolute Gasteiger partial charge is 0.305 e. The quantitative estimate of drug-likeness (QED) is 0.0718. The zero-order valence-corrected chi connectivity index (χ0v) is 35.7. The van der Waals surface area contributed by atoms with Gasteiger partial charge in [-0.05, 0) is 49.8 Å². The summed E-state index contributed by atoms with van der Waals surface area (Å²) in [4.78, 5) is 22.8. The molecule has 17 heteroatoms. The molecule has 2 N–H and O–H groups in total. The van der Waals surface area contributed by atoms with Crippen molar-refractivity contribution in [3.63, 3.8) is 0 Å². The van der Waals surface area contributed by atoms with Crippen molar-refractivity contribution in [1.82, 2.24) is 5.32 Å². The van der Waals surface area contributed by atoms with Crippen LogP contribution in [0.25, 0.3) is 0 Å². The summed E-state index contributed by atoms with van der Waals surface area (Å²) in [5.41, 5.74) is 1.69. The van der Waals surface area contributed by atoms with Gasteiger partial charge in [-0.25, -0.2) is 0 Å². The summed E-state index contributed by atoms with van der Waals surface area (Å²) in [6.45, 7) is 11.7. The van der Waals surface area contributed by atoms with E-state index in [2.05, 4.69) is 17.5 Å². The lowest BCUT2D eigenvalue weighted by atomic mass is 10.0. The number of amides is 1. The second kappa shape index (κ2) is 41.7. The molecule has 1 aromatic carbocycles. The van der Waals surface area contributed by atoms with Crippen LogP contribution in [0.2, 0.25) is 0 Å². The van der Waals surface area contributed by atoms with Gasteiger partial charge in [0, 0.05) is 12.1 Å². The molecule has 1 aliphatic carbocycles. The maximum Gasteiger partial charge on any atom is 0.305 e. The van der Waals surface area contributed by atoms with Crippen LogP contribution in [0.4, 0.5) is 0 Å². The Hall–Kier alpha value is -2.62. The maximum absolute atomic E-state index is 12.4. The molecule has 346 valence electrons. The van der Waals surface area contributed by atoms with Crippen molar-refractivity contribution in [2.24, 2.45) is 0 Å². The number of nitrogens with one attached hydrogen (secondary N) is 1. The van der Waals surface area contributed by atoms with Crippen LogP contribution in [0, 0.1) is 0 Å². The number of aliphatic carboxylic acids is 1. The first kappa shape index (κ1) is 53.5. The number of ether oxygens (including phenoxy) is 13. The SMILES string of the molecule is O=C(O)CCOCCOCCOCCOCCOCCOCCOCCOCCOCCOCCOCCOCCNC(=O)c1ccc(COC2CCC=CCCC2)cc1. The van der Waals surface area contributed by atoms with Gasteiger partial charge in [0.25, 0.3) is 5.91 Å². The molecule has 0 saturated heterocycles. The first-order valence-electron chi connectivity index (χ1n) is 21.4. The average Bonchev–Trinajstić information content (AvgIpc) is 3.24. The molecule has 0 heterocycles. The lowest BCUT2D eigenvalue weighted by molar-refractivity contribution is -0.138. The minimum absolute atomic E-state index is 0.00714. The third-order valence-corrected chi connectivity index (χ3v) is 8.51. The number of carbonyl (C=O) groups is 2. The minimum Gasteiger partial charge on any atom is -0.481 e. The molecule has 1 amide bonds. The number of allylic oxidation sites excluding steroid dienone is 2. The molecule has 0 aromatic heterocycles. The van der Waals surface area contributed by atoms with E-state index in [-0.39, 0.29) is 18.9 Å². The van der Waals surface area contributed by atoms with Crippen molar-refractivity contribution in [3.8, 4) is 0 Å². The van der Waals surface area contributed by atoms with E-state index in [1.807, 2.05) is 24.3 Å². The summed E-state index contributed by atoms with van der Waals surface area (Å²) in [7, 11) is 0. The molecular formula is C43H73NO16. The third kappa shape index (κ3) is 35.0. The van der Waals surface area contributed by atoms with E-state index in [1.54, 1.807) is 0 Å². The van der Waals surface area contributed by atoms with Gasteiger partial charge in [-0.2, -0.15) is 0 Å². The van der Waals surface area contributed by atoms with Gasteiger partial charge < -0.3 is 72.0 Å². The normalized spacial score (nSPS) is 14.3. The fourth-order valence-electron chi connectivity index (χ4n) is 5.28. The Morgan fingerprint density at radius 1 is 0.483 bits per heavy atom. The highest BCUT2D eigenvalue weighted by Gasteiger charge is 2.11. The molecule has 0 fully saturated rings. The Labute approximate surface area is 356 Å². The Kier molecular flexibility index (Phi) is 37.2. The molecule has 0 radical (unpaired) electrons. The number of carboxylic acid groups (broad SMARTS) is 1. The highest BCUT2D eigenvalue weighted by molar-refractivity contribution is 5.94. The van der Waals surface area contributed by atoms with Crippen LogP contribution in [0.15, 0.2) is 36.4 Å². The first-order valence-corrected chi connectivity index (χ1v) is 21.4. The van der Waals surface area contributed by atoms with Gasteiger partial charge in [-0.15, -0.1) is 0 Å². The molecule has 2 rings (SSSR count). The van der Waals surface area contributed by atoms with Crippen molar-refractivity contribution in [2.75, 3.05) is 165 Å². The van der Waals surface area contributed by atoms with E-state index >= 15 is 0 Å². The number of hydrogen-bond acceptors (Lipinski definition) is 15. The fourth-order valence-corrected chi connectivity index (χ4v) is 5.28. The highest BCUT2D eigenvalue weighted by Crippen LogP contribution is 2.17. The van der Waals surface area contributed by atoms with E-state index in [0.717, 1.165) is 31.2 Å². The van der Waals surface area contributed by atoms with Gasteiger partial charge in [0.2, 0.25) is 0 Å². The summed E-state index contributed by atoms with van der Waals surface area (Å²) in [5.74, 6) is -1.000. The number of carboxylic acids is 1. The molecular weight excluding hydrogens is 786 g/mol. The van der Waals surface area contributed by atoms with Crippen LogP contribution in [-0.4, -0.2) is 188 Å². The summed E-state index contributed by atoms with van der Waals surface area (Å²) < 4.78 is 71.5. The molecule has 17 nitrogen and oxygen atoms in total. The van der Waals surface area contributed by atoms with Gasteiger partial charge in [0.15, 0.2) is 0 Å². The Morgan fingerprint density at radius 3 is 1.25 bits per heavy atom. The molecule has 0 spiro atoms. The monoisotopic (exact) mass is 859 g/mol. The Balaban J connectivity index is 1.19. The van der Waals surface area contributed by atoms with Crippen molar-refractivity contribution >= 4 is 11.9 Å². The maximum atomic E-state index is 12.4. The Morgan fingerprint density at radius 2 is 0.850 bits per heavy atom. The van der Waals surface area contributed by atoms with Gasteiger partial charge in [-0.1, -0.05) is 24.3 Å². The first-order chi connectivity index (χ1) is 29.6. The topological polar surface area (TPSA) is 186 Å². The second-order valence-corrected chi connectivity index (χ2v) is 13.4. The lowest BCUT2D eigenvalue weighted by Crippen LogP contribution is -2.27. The summed E-state index contributed by atoms with van der Waals surface area (Å²) >= 11 is 0. The van der Waals surface area contributed by atoms with Gasteiger partial charge in [-0.3, -0.25) is 9.59 Å². The van der Waals surface area contributed by atoms with Gasteiger partial charge in [0.05, 0.1) is 178 Å². The standard InChI is InChI=1S/C43H73NO16/c45-42(46)12-14-48-16-18-50-20-22-52-24-26-54-28-30-56-32-34-58-36-37-59-35-33-57-31-29-55-27-25-53-23-21-51-19-17-49-15-13-44-43(47)40-10-8-39(9-11-40)38-60-41-6-4-2-1-3-5-7-41/h1-2,8-11,41H,3-7,12-38H2,(H,44,47)(H,45,46). The number of benzene rings is 1. The molecule has 0 bridgehead atoms. The molecule has 1 atom stereocenters. The van der Waals surface area contributed by atoms with E-state index in [4.69, 9.17) is 66.7 Å². The number of rotatable bonds is 43. The van der Waals surface area contributed by atoms with E-state index in [9.17, 15) is 9.59 Å². The molecule has 1 unspecified atom stereocenters. The highest BCUT2D eigenvalue weighted by atomic mass is 16.6. The average molecular weight is 860 g/mol. The van der Waals surface area contributed by atoms with Crippen molar-refractivity contribution in [3.05, 3.63) is 47.5 Å². The summed E-state index contributed by atoms with van der Waals surface area (Å²) in [6, 6.07) is 7.59. The zero-order chi connectivity index (χ0) is 42.7. The van der Waals surface area contributed by atoms with Crippen LogP contribution in [0.1, 0.15) is 54.4 Å². The zero-order valence-electron chi connectivity index (χ0n) is 35.7. The summed E-state index contributed by atoms with van der Waals surface area (Å²) in [5, 5.41) is 11.4. The molecule has 1 aliphatic rings. The van der Waals surface area contributed by atoms with E-state index in [1.165, 1.54) is 6.42 Å². The van der Waals surface area contributed by atoms with Crippen LogP contribution >= 0.6 is 0 Å². The molecule has 1 aromatic rings. The largest absolute Gasteiger partial charge is 0.481 e. The van der Waals surface area contributed by atoms with Crippen molar-refractivity contribution in [1.29, 1.82) is 0 Å². The number of carbonyl (C=O) groups excluding carboxylic acids is 1. The summed E-state index contributed by atoms with van der Waals surface area (Å²) in [6.07, 6.45) is 10.3. The third-order valence-electron chi connectivity index (χ3n) is 8.51. The van der Waals surface area contributed by atoms with E-state index in [0.29, 0.717) is 177 Å². The van der Waals surface area contributed by atoms with Crippen molar-refractivity contribution < 1.29 is 76.3 Å². The number of hydrogen-bond donors (Lipinski definition) is 2. The Bertz CT molecular complexity index is 1140. The second-order valence-electron chi connectivity index (χ2n) is 13.4. The van der Waals surface area contributed by atoms with Crippen LogP contribution < -0.4 is 5.32 Å².